The molecule has 15 heavy (non-hydrogen) atoms. The van der Waals surface area contributed by atoms with Crippen LogP contribution in [0.1, 0.15) is 19.8 Å². The van der Waals surface area contributed by atoms with E-state index in [1.54, 1.807) is 13.0 Å². The molecule has 3 nitrogen and oxygen atoms in total. The SMILES string of the molecule is CC1(S(=O)(=O)Nc2ccccc2F)CC1. The van der Waals surface area contributed by atoms with E-state index in [-0.39, 0.29) is 5.69 Å². The lowest BCUT2D eigenvalue weighted by atomic mass is 10.3. The Morgan fingerprint density at radius 2 is 1.93 bits per heavy atom. The zero-order chi connectivity index (χ0) is 11.1. The number of anilines is 1. The molecular weight excluding hydrogens is 217 g/mol. The summed E-state index contributed by atoms with van der Waals surface area (Å²) in [6.45, 7) is 1.66. The number of rotatable bonds is 3. The molecule has 0 atom stereocenters. The summed E-state index contributed by atoms with van der Waals surface area (Å²) in [4.78, 5) is 0. The highest BCUT2D eigenvalue weighted by atomic mass is 32.2. The van der Waals surface area contributed by atoms with E-state index in [1.165, 1.54) is 18.2 Å². The van der Waals surface area contributed by atoms with Crippen molar-refractivity contribution in [1.29, 1.82) is 0 Å². The summed E-state index contributed by atoms with van der Waals surface area (Å²) < 4.78 is 38.3. The fourth-order valence-electron chi connectivity index (χ4n) is 1.26. The van der Waals surface area contributed by atoms with Crippen LogP contribution in [-0.4, -0.2) is 13.2 Å². The molecule has 1 aliphatic rings. The molecule has 5 heteroatoms. The maximum absolute atomic E-state index is 13.2. The number of nitrogens with one attached hydrogen (secondary N) is 1. The number of hydrogen-bond donors (Lipinski definition) is 1. The van der Waals surface area contributed by atoms with Crippen molar-refractivity contribution in [3.05, 3.63) is 30.1 Å². The lowest BCUT2D eigenvalue weighted by Gasteiger charge is -2.13. The van der Waals surface area contributed by atoms with Gasteiger partial charge in [-0.1, -0.05) is 12.1 Å². The quantitative estimate of drug-likeness (QED) is 0.863. The van der Waals surface area contributed by atoms with Gasteiger partial charge < -0.3 is 0 Å². The molecule has 0 amide bonds. The lowest BCUT2D eigenvalue weighted by Crippen LogP contribution is -2.27. The van der Waals surface area contributed by atoms with Gasteiger partial charge in [0.2, 0.25) is 10.0 Å². The molecule has 0 spiro atoms. The standard InChI is InChI=1S/C10H12FNO2S/c1-10(6-7-10)15(13,14)12-9-5-3-2-4-8(9)11/h2-5,12H,6-7H2,1H3. The maximum atomic E-state index is 13.2. The van der Waals surface area contributed by atoms with E-state index in [2.05, 4.69) is 4.72 Å². The Balaban J connectivity index is 2.27. The van der Waals surface area contributed by atoms with Crippen LogP contribution in [0, 0.1) is 5.82 Å². The van der Waals surface area contributed by atoms with E-state index in [4.69, 9.17) is 0 Å². The van der Waals surface area contributed by atoms with Crippen LogP contribution in [0.25, 0.3) is 0 Å². The fourth-order valence-corrected chi connectivity index (χ4v) is 2.60. The second kappa shape index (κ2) is 3.20. The Hall–Kier alpha value is -1.10. The third-order valence-corrected chi connectivity index (χ3v) is 4.92. The third-order valence-electron chi connectivity index (χ3n) is 2.72. The van der Waals surface area contributed by atoms with Crippen LogP contribution in [0.3, 0.4) is 0 Å². The minimum absolute atomic E-state index is 0.0191. The monoisotopic (exact) mass is 229 g/mol. The number of halogens is 1. The van der Waals surface area contributed by atoms with Gasteiger partial charge in [-0.3, -0.25) is 4.72 Å². The maximum Gasteiger partial charge on any atom is 0.238 e. The first kappa shape index (κ1) is 10.4. The number of benzene rings is 1. The summed E-state index contributed by atoms with van der Waals surface area (Å²) in [7, 11) is -3.45. The van der Waals surface area contributed by atoms with E-state index in [0.29, 0.717) is 12.8 Å². The van der Waals surface area contributed by atoms with Gasteiger partial charge in [-0.15, -0.1) is 0 Å². The van der Waals surface area contributed by atoms with Crippen molar-refractivity contribution in [2.75, 3.05) is 4.72 Å². The fraction of sp³-hybridized carbons (Fsp3) is 0.400. The zero-order valence-electron chi connectivity index (χ0n) is 8.33. The number of sulfonamides is 1. The third kappa shape index (κ3) is 1.84. The molecule has 1 aromatic carbocycles. The molecule has 0 heterocycles. The second-order valence-electron chi connectivity index (χ2n) is 4.04. The van der Waals surface area contributed by atoms with Crippen molar-refractivity contribution < 1.29 is 12.8 Å². The Kier molecular flexibility index (Phi) is 2.22. The summed E-state index contributed by atoms with van der Waals surface area (Å²) in [5.74, 6) is -0.551. The van der Waals surface area contributed by atoms with Crippen LogP contribution in [0.4, 0.5) is 10.1 Å². The van der Waals surface area contributed by atoms with Crippen LogP contribution in [0.15, 0.2) is 24.3 Å². The predicted molar refractivity (Wildman–Crippen MR) is 56.6 cm³/mol. The van der Waals surface area contributed by atoms with Gasteiger partial charge in [0.15, 0.2) is 0 Å². The first-order valence-electron chi connectivity index (χ1n) is 4.72. The average molecular weight is 229 g/mol. The summed E-state index contributed by atoms with van der Waals surface area (Å²) in [6.07, 6.45) is 1.27. The Bertz CT molecular complexity index is 480. The molecule has 82 valence electrons. The van der Waals surface area contributed by atoms with Gasteiger partial charge in [-0.25, -0.2) is 12.8 Å². The second-order valence-corrected chi connectivity index (χ2v) is 6.23. The van der Waals surface area contributed by atoms with Crippen LogP contribution < -0.4 is 4.72 Å². The molecule has 1 aromatic rings. The van der Waals surface area contributed by atoms with Gasteiger partial charge in [0.05, 0.1) is 10.4 Å². The molecule has 1 fully saturated rings. The van der Waals surface area contributed by atoms with Crippen molar-refractivity contribution in [2.24, 2.45) is 0 Å². The summed E-state index contributed by atoms with van der Waals surface area (Å²) >= 11 is 0. The minimum atomic E-state index is -3.45. The molecule has 1 saturated carbocycles. The smallest absolute Gasteiger partial charge is 0.238 e. The minimum Gasteiger partial charge on any atom is -0.280 e. The first-order valence-corrected chi connectivity index (χ1v) is 6.20. The summed E-state index contributed by atoms with van der Waals surface area (Å²) in [5.41, 5.74) is 0.0191. The van der Waals surface area contributed by atoms with Gasteiger partial charge in [0.1, 0.15) is 5.82 Å². The Morgan fingerprint density at radius 3 is 2.47 bits per heavy atom. The highest BCUT2D eigenvalue weighted by Gasteiger charge is 2.50. The van der Waals surface area contributed by atoms with Gasteiger partial charge in [-0.2, -0.15) is 0 Å². The van der Waals surface area contributed by atoms with Gasteiger partial charge in [0, 0.05) is 0 Å². The molecule has 0 bridgehead atoms. The van der Waals surface area contributed by atoms with Gasteiger partial charge in [-0.05, 0) is 31.9 Å². The van der Waals surface area contributed by atoms with Gasteiger partial charge >= 0.3 is 0 Å². The highest BCUT2D eigenvalue weighted by Crippen LogP contribution is 2.43. The molecule has 1 aliphatic carbocycles. The van der Waals surface area contributed by atoms with Crippen molar-refractivity contribution in [1.82, 2.24) is 0 Å². The van der Waals surface area contributed by atoms with Crippen LogP contribution >= 0.6 is 0 Å². The Morgan fingerprint density at radius 1 is 1.33 bits per heavy atom. The summed E-state index contributed by atoms with van der Waals surface area (Å²) in [6, 6.07) is 5.76. The topological polar surface area (TPSA) is 46.2 Å². The zero-order valence-corrected chi connectivity index (χ0v) is 9.14. The predicted octanol–water partition coefficient (Wildman–Crippen LogP) is 2.12. The molecule has 0 radical (unpaired) electrons. The molecular formula is C10H12FNO2S. The van der Waals surface area contributed by atoms with Crippen molar-refractivity contribution in [3.63, 3.8) is 0 Å². The molecule has 0 aliphatic heterocycles. The van der Waals surface area contributed by atoms with E-state index < -0.39 is 20.6 Å². The molecule has 1 N–H and O–H groups in total. The van der Waals surface area contributed by atoms with E-state index in [1.807, 2.05) is 0 Å². The van der Waals surface area contributed by atoms with Gasteiger partial charge in [0.25, 0.3) is 0 Å². The number of para-hydroxylation sites is 1. The lowest BCUT2D eigenvalue weighted by molar-refractivity contribution is 0.585. The first-order chi connectivity index (χ1) is 6.95. The van der Waals surface area contributed by atoms with Crippen molar-refractivity contribution in [2.45, 2.75) is 24.5 Å². The number of hydrogen-bond acceptors (Lipinski definition) is 2. The normalized spacial score (nSPS) is 18.5. The van der Waals surface area contributed by atoms with Crippen molar-refractivity contribution in [3.8, 4) is 0 Å². The van der Waals surface area contributed by atoms with Crippen molar-refractivity contribution >= 4 is 15.7 Å². The van der Waals surface area contributed by atoms with Crippen LogP contribution in [0.2, 0.25) is 0 Å². The largest absolute Gasteiger partial charge is 0.280 e. The molecule has 0 unspecified atom stereocenters. The molecule has 2 rings (SSSR count). The summed E-state index contributed by atoms with van der Waals surface area (Å²) in [5, 5.41) is 0. The molecule has 0 aromatic heterocycles. The highest BCUT2D eigenvalue weighted by molar-refractivity contribution is 7.94. The van der Waals surface area contributed by atoms with Crippen LogP contribution in [-0.2, 0) is 10.0 Å². The van der Waals surface area contributed by atoms with Crippen LogP contribution in [0.5, 0.6) is 0 Å². The molecule has 0 saturated heterocycles. The Labute approximate surface area is 88.4 Å². The average Bonchev–Trinajstić information content (AvgIpc) is 2.89. The van der Waals surface area contributed by atoms with E-state index >= 15 is 0 Å². The van der Waals surface area contributed by atoms with E-state index in [9.17, 15) is 12.8 Å². The van der Waals surface area contributed by atoms with E-state index in [0.717, 1.165) is 0 Å².